The molecule has 1 unspecified atom stereocenters. The summed E-state index contributed by atoms with van der Waals surface area (Å²) >= 11 is 0. The van der Waals surface area contributed by atoms with Crippen LogP contribution in [-0.2, 0) is 4.74 Å². The van der Waals surface area contributed by atoms with Gasteiger partial charge in [-0.15, -0.1) is 0 Å². The molecule has 1 heterocycles. The molecule has 0 aromatic heterocycles. The minimum atomic E-state index is -0.746. The smallest absolute Gasteiger partial charge is 0.109 e. The molecular weight excluding hydrogens is 288 g/mol. The van der Waals surface area contributed by atoms with Crippen molar-refractivity contribution in [1.29, 1.82) is 0 Å². The van der Waals surface area contributed by atoms with Gasteiger partial charge in [0.15, 0.2) is 0 Å². The Morgan fingerprint density at radius 2 is 1.78 bits per heavy atom. The molecule has 0 spiro atoms. The third-order valence-corrected chi connectivity index (χ3v) is 7.73. The highest BCUT2D eigenvalue weighted by Gasteiger charge is 2.58. The Balaban J connectivity index is 1.81. The van der Waals surface area contributed by atoms with E-state index < -0.39 is 11.2 Å². The molecule has 6 atom stereocenters. The summed E-state index contributed by atoms with van der Waals surface area (Å²) in [6.07, 6.45) is 7.42. The van der Waals surface area contributed by atoms with Crippen molar-refractivity contribution in [2.45, 2.75) is 96.9 Å². The third kappa shape index (κ3) is 3.09. The van der Waals surface area contributed by atoms with Crippen LogP contribution in [0.15, 0.2) is 0 Å². The predicted octanol–water partition coefficient (Wildman–Crippen LogP) is 3.91. The molecule has 0 bridgehead atoms. The molecule has 1 saturated heterocycles. The van der Waals surface area contributed by atoms with Crippen molar-refractivity contribution in [2.75, 3.05) is 6.61 Å². The minimum absolute atomic E-state index is 0.00226. The van der Waals surface area contributed by atoms with Gasteiger partial charge in [0.1, 0.15) is 6.10 Å². The van der Waals surface area contributed by atoms with Gasteiger partial charge in [0.25, 0.3) is 0 Å². The summed E-state index contributed by atoms with van der Waals surface area (Å²) in [4.78, 5) is 0. The number of aliphatic hydroxyl groups is 2. The zero-order valence-corrected chi connectivity index (χ0v) is 15.7. The van der Waals surface area contributed by atoms with Crippen molar-refractivity contribution in [3.05, 3.63) is 0 Å². The molecule has 3 rings (SSSR count). The first-order chi connectivity index (χ1) is 10.5. The average Bonchev–Trinajstić information content (AvgIpc) is 3.20. The summed E-state index contributed by atoms with van der Waals surface area (Å²) in [5, 5.41) is 21.8. The first kappa shape index (κ1) is 17.7. The van der Waals surface area contributed by atoms with Crippen LogP contribution < -0.4 is 0 Å². The van der Waals surface area contributed by atoms with Crippen molar-refractivity contribution in [1.82, 2.24) is 0 Å². The number of rotatable bonds is 4. The Morgan fingerprint density at radius 3 is 2.39 bits per heavy atom. The van der Waals surface area contributed by atoms with Gasteiger partial charge in [-0.05, 0) is 75.0 Å². The Bertz CT molecular complexity index is 450. The zero-order chi connectivity index (χ0) is 17.1. The fourth-order valence-corrected chi connectivity index (χ4v) is 6.27. The van der Waals surface area contributed by atoms with Gasteiger partial charge in [-0.2, -0.15) is 0 Å². The van der Waals surface area contributed by atoms with Crippen molar-refractivity contribution in [3.63, 3.8) is 0 Å². The topological polar surface area (TPSA) is 53.0 Å². The van der Waals surface area contributed by atoms with E-state index in [-0.39, 0.29) is 17.4 Å². The molecule has 3 heteroatoms. The average molecular weight is 325 g/mol. The highest BCUT2D eigenvalue weighted by Crippen LogP contribution is 2.63. The molecule has 2 aliphatic carbocycles. The molecule has 3 aliphatic rings. The maximum absolute atomic E-state index is 11.1. The predicted molar refractivity (Wildman–Crippen MR) is 92.2 cm³/mol. The molecule has 0 radical (unpaired) electrons. The lowest BCUT2D eigenvalue weighted by molar-refractivity contribution is -0.173. The van der Waals surface area contributed by atoms with Gasteiger partial charge in [0.2, 0.25) is 0 Å². The van der Waals surface area contributed by atoms with Crippen LogP contribution in [0, 0.1) is 22.7 Å². The van der Waals surface area contributed by atoms with E-state index in [1.165, 1.54) is 19.3 Å². The molecule has 0 aromatic carbocycles. The molecular formula is C20H36O3. The Morgan fingerprint density at radius 1 is 1.13 bits per heavy atom. The summed E-state index contributed by atoms with van der Waals surface area (Å²) < 4.78 is 5.32. The second-order valence-electron chi connectivity index (χ2n) is 10.1. The van der Waals surface area contributed by atoms with Crippen molar-refractivity contribution < 1.29 is 14.9 Å². The highest BCUT2D eigenvalue weighted by molar-refractivity contribution is 5.08. The Kier molecular flexibility index (Phi) is 4.18. The highest BCUT2D eigenvalue weighted by atomic mass is 16.6. The standard InChI is InChI=1S/C20H36O3/c1-17(2)9-6-10-18(3)14(17)7-11-19(4,21)15(18)8-12-20(5,22)16-13-23-16/h14-16,21-22H,6-13H2,1-5H3/t14-,15+,16?,18-,19+,20+/m0/s1. The first-order valence-corrected chi connectivity index (χ1v) is 9.55. The minimum Gasteiger partial charge on any atom is -0.390 e. The third-order valence-electron chi connectivity index (χ3n) is 7.73. The van der Waals surface area contributed by atoms with E-state index in [4.69, 9.17) is 4.74 Å². The summed E-state index contributed by atoms with van der Waals surface area (Å²) in [5.41, 5.74) is -0.809. The van der Waals surface area contributed by atoms with Gasteiger partial charge in [-0.3, -0.25) is 0 Å². The molecule has 2 N–H and O–H groups in total. The maximum Gasteiger partial charge on any atom is 0.109 e. The first-order valence-electron chi connectivity index (χ1n) is 9.55. The van der Waals surface area contributed by atoms with E-state index in [1.807, 2.05) is 13.8 Å². The quantitative estimate of drug-likeness (QED) is 0.771. The molecule has 3 fully saturated rings. The van der Waals surface area contributed by atoms with Gasteiger partial charge in [0, 0.05) is 0 Å². The fraction of sp³-hybridized carbons (Fsp3) is 1.00. The summed E-state index contributed by atoms with van der Waals surface area (Å²) in [5.74, 6) is 0.939. The summed E-state index contributed by atoms with van der Waals surface area (Å²) in [6, 6.07) is 0. The fourth-order valence-electron chi connectivity index (χ4n) is 6.27. The molecule has 1 aliphatic heterocycles. The monoisotopic (exact) mass is 324 g/mol. The molecule has 134 valence electrons. The van der Waals surface area contributed by atoms with Gasteiger partial charge >= 0.3 is 0 Å². The Hall–Kier alpha value is -0.120. The Labute approximate surface area is 141 Å². The maximum atomic E-state index is 11.1. The molecule has 23 heavy (non-hydrogen) atoms. The van der Waals surface area contributed by atoms with Crippen molar-refractivity contribution in [2.24, 2.45) is 22.7 Å². The number of fused-ring (bicyclic) bond motifs is 1. The van der Waals surface area contributed by atoms with Crippen LogP contribution in [0.1, 0.15) is 79.6 Å². The van der Waals surface area contributed by atoms with Crippen LogP contribution in [0.4, 0.5) is 0 Å². The van der Waals surface area contributed by atoms with E-state index in [0.29, 0.717) is 17.9 Å². The lowest BCUT2D eigenvalue weighted by atomic mass is 9.45. The number of ether oxygens (including phenoxy) is 1. The SMILES string of the molecule is CC1(C)CCC[C@]2(C)[C@@H](CC[C@@](C)(O)C3CO3)[C@](C)(O)CC[C@@H]12. The van der Waals surface area contributed by atoms with E-state index in [1.54, 1.807) is 0 Å². The number of epoxide rings is 1. The number of hydrogen-bond donors (Lipinski definition) is 2. The van der Waals surface area contributed by atoms with Crippen LogP contribution >= 0.6 is 0 Å². The van der Waals surface area contributed by atoms with Crippen LogP contribution in [0.5, 0.6) is 0 Å². The molecule has 2 saturated carbocycles. The van der Waals surface area contributed by atoms with Gasteiger partial charge in [0.05, 0.1) is 17.8 Å². The summed E-state index contributed by atoms with van der Waals surface area (Å²) in [7, 11) is 0. The van der Waals surface area contributed by atoms with E-state index in [9.17, 15) is 10.2 Å². The largest absolute Gasteiger partial charge is 0.390 e. The van der Waals surface area contributed by atoms with E-state index in [2.05, 4.69) is 20.8 Å². The van der Waals surface area contributed by atoms with Gasteiger partial charge in [-0.25, -0.2) is 0 Å². The molecule has 3 nitrogen and oxygen atoms in total. The zero-order valence-electron chi connectivity index (χ0n) is 15.7. The number of hydrogen-bond acceptors (Lipinski definition) is 3. The lowest BCUT2D eigenvalue weighted by Crippen LogP contribution is -2.57. The van der Waals surface area contributed by atoms with Crippen molar-refractivity contribution >= 4 is 0 Å². The molecule has 0 aromatic rings. The van der Waals surface area contributed by atoms with Gasteiger partial charge < -0.3 is 14.9 Å². The van der Waals surface area contributed by atoms with E-state index >= 15 is 0 Å². The van der Waals surface area contributed by atoms with E-state index in [0.717, 1.165) is 25.7 Å². The van der Waals surface area contributed by atoms with Crippen LogP contribution in [0.3, 0.4) is 0 Å². The normalized spacial score (nSPS) is 48.4. The second kappa shape index (κ2) is 5.44. The van der Waals surface area contributed by atoms with Crippen LogP contribution in [0.25, 0.3) is 0 Å². The van der Waals surface area contributed by atoms with Gasteiger partial charge in [-0.1, -0.05) is 27.2 Å². The van der Waals surface area contributed by atoms with Crippen molar-refractivity contribution in [3.8, 4) is 0 Å². The molecule has 0 amide bonds. The summed E-state index contributed by atoms with van der Waals surface area (Å²) in [6.45, 7) is 11.9. The van der Waals surface area contributed by atoms with Crippen LogP contribution in [-0.4, -0.2) is 34.1 Å². The second-order valence-corrected chi connectivity index (χ2v) is 10.1. The lowest BCUT2D eigenvalue weighted by Gasteiger charge is -2.61. The van der Waals surface area contributed by atoms with Crippen LogP contribution in [0.2, 0.25) is 0 Å².